The summed E-state index contributed by atoms with van der Waals surface area (Å²) in [5.41, 5.74) is 1.74. The fourth-order valence-electron chi connectivity index (χ4n) is 3.25. The fourth-order valence-corrected chi connectivity index (χ4v) is 3.25. The van der Waals surface area contributed by atoms with E-state index in [2.05, 4.69) is 10.4 Å². The molecule has 0 aliphatic heterocycles. The minimum absolute atomic E-state index is 0.00208. The van der Waals surface area contributed by atoms with Gasteiger partial charge in [-0.1, -0.05) is 18.9 Å². The van der Waals surface area contributed by atoms with E-state index in [0.717, 1.165) is 24.9 Å². The van der Waals surface area contributed by atoms with E-state index in [9.17, 15) is 4.79 Å². The zero-order valence-electron chi connectivity index (χ0n) is 13.8. The molecule has 1 fully saturated rings. The van der Waals surface area contributed by atoms with Gasteiger partial charge in [0.2, 0.25) is 0 Å². The molecule has 0 spiro atoms. The van der Waals surface area contributed by atoms with Gasteiger partial charge in [-0.25, -0.2) is 0 Å². The van der Waals surface area contributed by atoms with Crippen molar-refractivity contribution in [2.45, 2.75) is 37.8 Å². The van der Waals surface area contributed by atoms with Crippen LogP contribution in [0, 0.1) is 0 Å². The van der Waals surface area contributed by atoms with E-state index in [1.807, 2.05) is 60.2 Å². The van der Waals surface area contributed by atoms with Gasteiger partial charge < -0.3 is 10.2 Å². The van der Waals surface area contributed by atoms with E-state index in [0.29, 0.717) is 5.56 Å². The lowest BCUT2D eigenvalue weighted by molar-refractivity contribution is 0.0905. The summed E-state index contributed by atoms with van der Waals surface area (Å²) in [6.45, 7) is 0. The maximum absolute atomic E-state index is 12.6. The molecule has 5 heteroatoms. The number of nitrogens with one attached hydrogen (secondary N) is 1. The van der Waals surface area contributed by atoms with Gasteiger partial charge in [-0.2, -0.15) is 5.10 Å². The number of amides is 1. The van der Waals surface area contributed by atoms with E-state index < -0.39 is 0 Å². The van der Waals surface area contributed by atoms with Gasteiger partial charge >= 0.3 is 0 Å². The van der Waals surface area contributed by atoms with Gasteiger partial charge in [0.25, 0.3) is 5.91 Å². The number of aromatic nitrogens is 2. The highest BCUT2D eigenvalue weighted by atomic mass is 16.1. The third-order valence-electron chi connectivity index (χ3n) is 4.54. The molecule has 5 nitrogen and oxygen atoms in total. The highest BCUT2D eigenvalue weighted by molar-refractivity contribution is 5.95. The van der Waals surface area contributed by atoms with Gasteiger partial charge in [0, 0.05) is 37.7 Å². The highest BCUT2D eigenvalue weighted by Crippen LogP contribution is 2.28. The Balaban J connectivity index is 1.74. The van der Waals surface area contributed by atoms with E-state index in [-0.39, 0.29) is 18.0 Å². The molecule has 1 aliphatic carbocycles. The van der Waals surface area contributed by atoms with Gasteiger partial charge in [0.1, 0.15) is 0 Å². The molecule has 0 unspecified atom stereocenters. The molecule has 0 radical (unpaired) electrons. The summed E-state index contributed by atoms with van der Waals surface area (Å²) in [6, 6.07) is 10.1. The summed E-state index contributed by atoms with van der Waals surface area (Å²) in [5.74, 6) is -0.00208. The average Bonchev–Trinajstić information content (AvgIpc) is 3.09. The van der Waals surface area contributed by atoms with E-state index in [1.165, 1.54) is 6.42 Å². The van der Waals surface area contributed by atoms with Crippen molar-refractivity contribution >= 4 is 11.6 Å². The number of anilines is 1. The van der Waals surface area contributed by atoms with Crippen molar-refractivity contribution in [1.82, 2.24) is 15.1 Å². The zero-order valence-corrected chi connectivity index (χ0v) is 13.8. The molecule has 1 amide bonds. The van der Waals surface area contributed by atoms with Crippen molar-refractivity contribution in [3.63, 3.8) is 0 Å². The maximum atomic E-state index is 12.6. The van der Waals surface area contributed by atoms with Crippen LogP contribution in [-0.2, 0) is 0 Å². The molecular formula is C18H24N4O. The molecule has 0 bridgehead atoms. The second kappa shape index (κ2) is 6.86. The summed E-state index contributed by atoms with van der Waals surface area (Å²) in [4.78, 5) is 14.6. The van der Waals surface area contributed by atoms with Crippen molar-refractivity contribution < 1.29 is 4.79 Å². The van der Waals surface area contributed by atoms with E-state index >= 15 is 0 Å². The molecule has 1 N–H and O–H groups in total. The Morgan fingerprint density at radius 3 is 2.83 bits per heavy atom. The maximum Gasteiger partial charge on any atom is 0.251 e. The molecule has 2 atom stereocenters. The number of nitrogens with zero attached hydrogens (tertiary/aromatic N) is 3. The van der Waals surface area contributed by atoms with Gasteiger partial charge in [-0.15, -0.1) is 0 Å². The Hall–Kier alpha value is -2.30. The molecule has 1 aliphatic rings. The van der Waals surface area contributed by atoms with Crippen LogP contribution in [0.3, 0.4) is 0 Å². The second-order valence-electron chi connectivity index (χ2n) is 6.36. The third kappa shape index (κ3) is 3.55. The van der Waals surface area contributed by atoms with Crippen LogP contribution in [0.2, 0.25) is 0 Å². The third-order valence-corrected chi connectivity index (χ3v) is 4.54. The summed E-state index contributed by atoms with van der Waals surface area (Å²) < 4.78 is 1.99. The first-order valence-corrected chi connectivity index (χ1v) is 8.22. The molecule has 1 saturated carbocycles. The lowest BCUT2D eigenvalue weighted by Crippen LogP contribution is -2.43. The van der Waals surface area contributed by atoms with Gasteiger partial charge in [0.15, 0.2) is 0 Å². The zero-order chi connectivity index (χ0) is 16.2. The molecule has 1 heterocycles. The van der Waals surface area contributed by atoms with Crippen LogP contribution in [0.25, 0.3) is 0 Å². The normalized spacial score (nSPS) is 21.0. The highest BCUT2D eigenvalue weighted by Gasteiger charge is 2.28. The van der Waals surface area contributed by atoms with Crippen LogP contribution in [0.1, 0.15) is 42.1 Å². The minimum Gasteiger partial charge on any atom is -0.378 e. The van der Waals surface area contributed by atoms with Crippen molar-refractivity contribution in [3.05, 3.63) is 48.3 Å². The molecular weight excluding hydrogens is 288 g/mol. The molecule has 23 heavy (non-hydrogen) atoms. The van der Waals surface area contributed by atoms with Crippen molar-refractivity contribution in [2.24, 2.45) is 0 Å². The van der Waals surface area contributed by atoms with Crippen molar-refractivity contribution in [2.75, 3.05) is 19.0 Å². The standard InChI is InChI=1S/C18H24N4O/c1-21(2)15-8-5-7-14(13-15)18(23)20-16-9-3-4-10-17(16)22-12-6-11-19-22/h5-8,11-13,16-17H,3-4,9-10H2,1-2H3,(H,20,23)/t16-,17-/m0/s1. The Labute approximate surface area is 137 Å². The van der Waals surface area contributed by atoms with Crippen LogP contribution in [0.15, 0.2) is 42.7 Å². The van der Waals surface area contributed by atoms with Crippen LogP contribution in [0.4, 0.5) is 5.69 Å². The number of hydrogen-bond donors (Lipinski definition) is 1. The Morgan fingerprint density at radius 1 is 1.26 bits per heavy atom. The van der Waals surface area contributed by atoms with Gasteiger partial charge in [0.05, 0.1) is 12.1 Å². The molecule has 122 valence electrons. The number of carbonyl (C=O) groups is 1. The number of hydrogen-bond acceptors (Lipinski definition) is 3. The Kier molecular flexibility index (Phi) is 4.65. The lowest BCUT2D eigenvalue weighted by Gasteiger charge is -2.32. The number of rotatable bonds is 4. The second-order valence-corrected chi connectivity index (χ2v) is 6.36. The lowest BCUT2D eigenvalue weighted by atomic mass is 9.90. The van der Waals surface area contributed by atoms with E-state index in [4.69, 9.17) is 0 Å². The average molecular weight is 312 g/mol. The summed E-state index contributed by atoms with van der Waals surface area (Å²) in [6.07, 6.45) is 8.19. The predicted octanol–water partition coefficient (Wildman–Crippen LogP) is 2.86. The van der Waals surface area contributed by atoms with Crippen molar-refractivity contribution in [1.29, 1.82) is 0 Å². The number of carbonyl (C=O) groups excluding carboxylic acids is 1. The molecule has 2 aromatic rings. The van der Waals surface area contributed by atoms with Crippen LogP contribution < -0.4 is 10.2 Å². The summed E-state index contributed by atoms with van der Waals surface area (Å²) in [5, 5.41) is 7.59. The van der Waals surface area contributed by atoms with Gasteiger partial charge in [-0.3, -0.25) is 9.48 Å². The quantitative estimate of drug-likeness (QED) is 0.944. The summed E-state index contributed by atoms with van der Waals surface area (Å²) >= 11 is 0. The Morgan fingerprint density at radius 2 is 2.09 bits per heavy atom. The van der Waals surface area contributed by atoms with Crippen LogP contribution >= 0.6 is 0 Å². The fraction of sp³-hybridized carbons (Fsp3) is 0.444. The summed E-state index contributed by atoms with van der Waals surface area (Å²) in [7, 11) is 3.96. The molecule has 1 aromatic carbocycles. The Bertz CT molecular complexity index is 651. The molecule has 0 saturated heterocycles. The van der Waals surface area contributed by atoms with Gasteiger partial charge in [-0.05, 0) is 37.1 Å². The minimum atomic E-state index is -0.00208. The predicted molar refractivity (Wildman–Crippen MR) is 91.8 cm³/mol. The first-order valence-electron chi connectivity index (χ1n) is 8.22. The monoisotopic (exact) mass is 312 g/mol. The number of benzene rings is 1. The molecule has 3 rings (SSSR count). The van der Waals surface area contributed by atoms with Crippen LogP contribution in [-0.4, -0.2) is 35.8 Å². The first kappa shape index (κ1) is 15.6. The van der Waals surface area contributed by atoms with E-state index in [1.54, 1.807) is 6.20 Å². The largest absolute Gasteiger partial charge is 0.378 e. The topological polar surface area (TPSA) is 50.2 Å². The van der Waals surface area contributed by atoms with Crippen LogP contribution in [0.5, 0.6) is 0 Å². The first-order chi connectivity index (χ1) is 11.1. The van der Waals surface area contributed by atoms with Crippen molar-refractivity contribution in [3.8, 4) is 0 Å². The smallest absolute Gasteiger partial charge is 0.251 e. The molecule has 1 aromatic heterocycles. The SMILES string of the molecule is CN(C)c1cccc(C(=O)N[C@H]2CCCC[C@@H]2n2cccn2)c1.